The van der Waals surface area contributed by atoms with Crippen molar-refractivity contribution in [3.05, 3.63) is 61.2 Å². The summed E-state index contributed by atoms with van der Waals surface area (Å²) in [5.74, 6) is -1.75. The number of nitrogens with one attached hydrogen (secondary N) is 2. The van der Waals surface area contributed by atoms with Gasteiger partial charge in [-0.1, -0.05) is 42.5 Å². The summed E-state index contributed by atoms with van der Waals surface area (Å²) in [6.45, 7) is 9.91. The lowest BCUT2D eigenvalue weighted by molar-refractivity contribution is -0.150. The van der Waals surface area contributed by atoms with E-state index in [1.165, 1.54) is 0 Å². The average molecular weight is 489 g/mol. The Bertz CT molecular complexity index is 783. The summed E-state index contributed by atoms with van der Waals surface area (Å²) >= 11 is 0. The number of carbonyl (C=O) groups is 3. The molecule has 0 heterocycles. The molecule has 0 aliphatic heterocycles. The van der Waals surface area contributed by atoms with Crippen molar-refractivity contribution < 1.29 is 29.0 Å². The lowest BCUT2D eigenvalue weighted by Gasteiger charge is -2.21. The van der Waals surface area contributed by atoms with Crippen molar-refractivity contribution in [1.29, 1.82) is 0 Å². The quantitative estimate of drug-likeness (QED) is 0.157. The molecule has 194 valence electrons. The summed E-state index contributed by atoms with van der Waals surface area (Å²) in [4.78, 5) is 37.6. The third-order valence-electron chi connectivity index (χ3n) is 5.30. The fourth-order valence-corrected chi connectivity index (χ4v) is 3.46. The van der Waals surface area contributed by atoms with Crippen molar-refractivity contribution in [2.75, 3.05) is 33.0 Å². The molecule has 0 saturated heterocycles. The zero-order valence-electron chi connectivity index (χ0n) is 20.7. The van der Waals surface area contributed by atoms with Crippen molar-refractivity contribution in [3.63, 3.8) is 0 Å². The summed E-state index contributed by atoms with van der Waals surface area (Å²) in [7, 11) is 0. The Kier molecular flexibility index (Phi) is 15.8. The Morgan fingerprint density at radius 2 is 1.83 bits per heavy atom. The zero-order valence-corrected chi connectivity index (χ0v) is 20.7. The molecule has 1 aromatic rings. The Morgan fingerprint density at radius 3 is 2.49 bits per heavy atom. The first-order chi connectivity index (χ1) is 16.9. The van der Waals surface area contributed by atoms with E-state index in [1.807, 2.05) is 30.3 Å². The predicted octanol–water partition coefficient (Wildman–Crippen LogP) is 2.57. The number of rotatable bonds is 19. The van der Waals surface area contributed by atoms with E-state index in [4.69, 9.17) is 14.6 Å². The van der Waals surface area contributed by atoms with Crippen LogP contribution in [-0.2, 0) is 30.3 Å². The molecule has 0 aliphatic rings. The minimum atomic E-state index is -0.581. The second-order valence-corrected chi connectivity index (χ2v) is 8.40. The van der Waals surface area contributed by atoms with Crippen LogP contribution < -0.4 is 10.6 Å². The van der Waals surface area contributed by atoms with E-state index in [1.54, 1.807) is 19.1 Å². The van der Waals surface area contributed by atoms with Gasteiger partial charge in [-0.15, -0.1) is 13.2 Å². The minimum absolute atomic E-state index is 0.00502. The maximum atomic E-state index is 12.7. The molecule has 0 bridgehead atoms. The van der Waals surface area contributed by atoms with Gasteiger partial charge in [0.15, 0.2) is 0 Å². The summed E-state index contributed by atoms with van der Waals surface area (Å²) in [5, 5.41) is 14.2. The Labute approximate surface area is 208 Å². The van der Waals surface area contributed by atoms with Gasteiger partial charge in [-0.05, 0) is 38.2 Å². The van der Waals surface area contributed by atoms with Crippen LogP contribution in [0.5, 0.6) is 0 Å². The van der Waals surface area contributed by atoms with Crippen LogP contribution in [0.3, 0.4) is 0 Å². The van der Waals surface area contributed by atoms with Gasteiger partial charge in [0.2, 0.25) is 11.8 Å². The molecule has 0 aliphatic carbocycles. The van der Waals surface area contributed by atoms with Crippen LogP contribution in [0.4, 0.5) is 0 Å². The van der Waals surface area contributed by atoms with Gasteiger partial charge in [-0.3, -0.25) is 14.4 Å². The van der Waals surface area contributed by atoms with Crippen molar-refractivity contribution in [2.24, 2.45) is 11.8 Å². The monoisotopic (exact) mass is 488 g/mol. The molecule has 3 atom stereocenters. The topological polar surface area (TPSA) is 114 Å². The first-order valence-corrected chi connectivity index (χ1v) is 12.1. The van der Waals surface area contributed by atoms with Crippen LogP contribution in [0.1, 0.15) is 38.2 Å². The SMILES string of the molecule is C=CCCC(Cc1ccccc1)C(=O)OCC(C)NC(=O)C(CC=C)CC(=O)NCCOCCO. The van der Waals surface area contributed by atoms with Gasteiger partial charge < -0.3 is 25.2 Å². The normalized spacial score (nSPS) is 13.2. The van der Waals surface area contributed by atoms with Crippen LogP contribution in [-0.4, -0.2) is 61.9 Å². The van der Waals surface area contributed by atoms with Crippen LogP contribution in [0.2, 0.25) is 0 Å². The molecule has 1 aromatic carbocycles. The van der Waals surface area contributed by atoms with Gasteiger partial charge in [0.1, 0.15) is 6.61 Å². The first kappa shape index (κ1) is 30.1. The predicted molar refractivity (Wildman–Crippen MR) is 135 cm³/mol. The number of aliphatic hydroxyl groups excluding tert-OH is 1. The number of esters is 1. The number of amides is 2. The van der Waals surface area contributed by atoms with E-state index >= 15 is 0 Å². The van der Waals surface area contributed by atoms with Crippen molar-refractivity contribution in [2.45, 2.75) is 45.1 Å². The Morgan fingerprint density at radius 1 is 1.09 bits per heavy atom. The molecule has 8 nitrogen and oxygen atoms in total. The van der Waals surface area contributed by atoms with Gasteiger partial charge >= 0.3 is 5.97 Å². The number of benzene rings is 1. The standard InChI is InChI=1S/C27H40N2O6/c1-4-6-13-24(18-22-11-8-7-9-12-22)27(33)35-20-21(3)29-26(32)23(10-5-2)19-25(31)28-14-16-34-17-15-30/h4-5,7-9,11-12,21,23-24,30H,1-2,6,10,13-20H2,3H3,(H,28,31)(H,29,32). The molecule has 0 spiro atoms. The Hall–Kier alpha value is -2.97. The fourth-order valence-electron chi connectivity index (χ4n) is 3.46. The highest BCUT2D eigenvalue weighted by Crippen LogP contribution is 2.17. The second kappa shape index (κ2) is 18.4. The van der Waals surface area contributed by atoms with Gasteiger partial charge in [-0.25, -0.2) is 0 Å². The zero-order chi connectivity index (χ0) is 25.9. The largest absolute Gasteiger partial charge is 0.463 e. The van der Waals surface area contributed by atoms with Gasteiger partial charge in [0.05, 0.1) is 37.7 Å². The molecule has 0 aromatic heterocycles. The van der Waals surface area contributed by atoms with Crippen molar-refractivity contribution >= 4 is 17.8 Å². The smallest absolute Gasteiger partial charge is 0.309 e. The van der Waals surface area contributed by atoms with E-state index in [2.05, 4.69) is 23.8 Å². The summed E-state index contributed by atoms with van der Waals surface area (Å²) in [6, 6.07) is 9.36. The van der Waals surface area contributed by atoms with Gasteiger partial charge in [0, 0.05) is 13.0 Å². The third-order valence-corrected chi connectivity index (χ3v) is 5.30. The molecule has 35 heavy (non-hydrogen) atoms. The first-order valence-electron chi connectivity index (χ1n) is 12.1. The molecule has 0 fully saturated rings. The summed E-state index contributed by atoms with van der Waals surface area (Å²) < 4.78 is 10.6. The van der Waals surface area contributed by atoms with Crippen molar-refractivity contribution in [1.82, 2.24) is 10.6 Å². The molecule has 3 unspecified atom stereocenters. The molecule has 2 amide bonds. The number of hydrogen-bond donors (Lipinski definition) is 3. The van der Waals surface area contributed by atoms with E-state index in [9.17, 15) is 14.4 Å². The number of ether oxygens (including phenoxy) is 2. The lowest BCUT2D eigenvalue weighted by atomic mass is 9.95. The number of allylic oxidation sites excluding steroid dienone is 2. The highest BCUT2D eigenvalue weighted by atomic mass is 16.5. The highest BCUT2D eigenvalue weighted by molar-refractivity contribution is 5.86. The summed E-state index contributed by atoms with van der Waals surface area (Å²) in [6.07, 6.45) is 5.65. The molecule has 8 heteroatoms. The van der Waals surface area contributed by atoms with Crippen LogP contribution in [0.15, 0.2) is 55.6 Å². The van der Waals surface area contributed by atoms with Gasteiger partial charge in [0.25, 0.3) is 0 Å². The second-order valence-electron chi connectivity index (χ2n) is 8.40. The molecule has 0 radical (unpaired) electrons. The highest BCUT2D eigenvalue weighted by Gasteiger charge is 2.24. The molecule has 1 rings (SSSR count). The van der Waals surface area contributed by atoms with E-state index in [0.717, 1.165) is 5.56 Å². The van der Waals surface area contributed by atoms with E-state index in [0.29, 0.717) is 32.2 Å². The lowest BCUT2D eigenvalue weighted by Crippen LogP contribution is -2.42. The number of aliphatic hydroxyl groups is 1. The molecular weight excluding hydrogens is 448 g/mol. The molecule has 0 saturated carbocycles. The van der Waals surface area contributed by atoms with Gasteiger partial charge in [-0.2, -0.15) is 0 Å². The third kappa shape index (κ3) is 13.5. The number of carbonyl (C=O) groups excluding carboxylic acids is 3. The van der Waals surface area contributed by atoms with E-state index in [-0.39, 0.29) is 56.5 Å². The van der Waals surface area contributed by atoms with Crippen molar-refractivity contribution in [3.8, 4) is 0 Å². The average Bonchev–Trinajstić information content (AvgIpc) is 2.85. The maximum absolute atomic E-state index is 12.7. The fraction of sp³-hybridized carbons (Fsp3) is 0.519. The van der Waals surface area contributed by atoms with E-state index < -0.39 is 12.0 Å². The summed E-state index contributed by atoms with van der Waals surface area (Å²) in [5.41, 5.74) is 1.06. The van der Waals surface area contributed by atoms with Crippen LogP contribution in [0.25, 0.3) is 0 Å². The molecular formula is C27H40N2O6. The van der Waals surface area contributed by atoms with Crippen LogP contribution >= 0.6 is 0 Å². The Balaban J connectivity index is 2.52. The maximum Gasteiger partial charge on any atom is 0.309 e. The number of hydrogen-bond acceptors (Lipinski definition) is 6. The molecule has 3 N–H and O–H groups in total. The minimum Gasteiger partial charge on any atom is -0.463 e. The van der Waals surface area contributed by atoms with Crippen LogP contribution in [0, 0.1) is 11.8 Å².